The van der Waals surface area contributed by atoms with Crippen molar-refractivity contribution in [3.63, 3.8) is 0 Å². The lowest BCUT2D eigenvalue weighted by Gasteiger charge is -2.20. The molecule has 110 valence electrons. The highest BCUT2D eigenvalue weighted by Gasteiger charge is 2.38. The first-order valence-corrected chi connectivity index (χ1v) is 5.56. The number of hydrogen-bond acceptors (Lipinski definition) is 3. The Morgan fingerprint density at radius 3 is 2.26 bits per heavy atom. The zero-order valence-electron chi connectivity index (χ0n) is 9.29. The summed E-state index contributed by atoms with van der Waals surface area (Å²) in [5.74, 6) is -0.511. The average Bonchev–Trinajstić information content (AvgIpc) is 2.21. The Morgan fingerprint density at radius 1 is 1.26 bits per heavy atom. The van der Waals surface area contributed by atoms with Gasteiger partial charge in [-0.2, -0.15) is 13.2 Å². The van der Waals surface area contributed by atoms with E-state index in [9.17, 15) is 23.4 Å². The van der Waals surface area contributed by atoms with Crippen molar-refractivity contribution in [2.45, 2.75) is 24.7 Å². The van der Waals surface area contributed by atoms with Crippen molar-refractivity contribution in [2.75, 3.05) is 0 Å². The van der Waals surface area contributed by atoms with Gasteiger partial charge in [-0.1, -0.05) is 23.2 Å². The lowest BCUT2D eigenvalue weighted by atomic mass is 10.0. The lowest BCUT2D eigenvalue weighted by Crippen LogP contribution is -2.38. The largest absolute Gasteiger partial charge is 0.506 e. The van der Waals surface area contributed by atoms with E-state index >= 15 is 0 Å². The predicted octanol–water partition coefficient (Wildman–Crippen LogP) is 3.43. The molecule has 2 atom stereocenters. The number of benzene rings is 1. The van der Waals surface area contributed by atoms with Crippen molar-refractivity contribution in [1.29, 1.82) is 0 Å². The topological polar surface area (TPSA) is 66.5 Å². The number of aromatic hydroxyl groups is 1. The summed E-state index contributed by atoms with van der Waals surface area (Å²) in [4.78, 5) is 0. The van der Waals surface area contributed by atoms with Crippen LogP contribution in [0.25, 0.3) is 0 Å². The zero-order valence-corrected chi connectivity index (χ0v) is 11.6. The van der Waals surface area contributed by atoms with E-state index in [0.29, 0.717) is 0 Å². The standard InChI is InChI=1S/C10H10Cl2F3NO2.ClH/c11-4-1-5(9(18)6(12)2-4)7(17)3-8(16)10(13,14)15;/h1-2,7-8,17-18H,3,16H2;1H/t7-,8+;/m0./s1. The number of phenolic OH excluding ortho intramolecular Hbond substituents is 1. The van der Waals surface area contributed by atoms with E-state index in [1.165, 1.54) is 6.07 Å². The van der Waals surface area contributed by atoms with Crippen LogP contribution in [0, 0.1) is 0 Å². The Kier molecular flexibility index (Phi) is 6.71. The van der Waals surface area contributed by atoms with Crippen molar-refractivity contribution < 1.29 is 23.4 Å². The van der Waals surface area contributed by atoms with Crippen LogP contribution in [0.1, 0.15) is 18.1 Å². The van der Waals surface area contributed by atoms with Gasteiger partial charge in [-0.3, -0.25) is 0 Å². The van der Waals surface area contributed by atoms with Gasteiger partial charge >= 0.3 is 6.18 Å². The molecule has 1 aromatic carbocycles. The normalized spacial score (nSPS) is 14.7. The average molecular weight is 341 g/mol. The maximum atomic E-state index is 12.2. The van der Waals surface area contributed by atoms with Crippen LogP contribution in [0.2, 0.25) is 10.0 Å². The van der Waals surface area contributed by atoms with Gasteiger partial charge in [0.05, 0.1) is 11.1 Å². The number of aliphatic hydroxyl groups excluding tert-OH is 1. The third kappa shape index (κ3) is 4.89. The van der Waals surface area contributed by atoms with Crippen LogP contribution in [-0.4, -0.2) is 22.4 Å². The number of alkyl halides is 3. The first-order valence-electron chi connectivity index (χ1n) is 4.81. The van der Waals surface area contributed by atoms with Crippen molar-refractivity contribution in [3.05, 3.63) is 27.7 Å². The maximum Gasteiger partial charge on any atom is 0.403 e. The molecule has 3 nitrogen and oxygen atoms in total. The molecule has 0 spiro atoms. The molecule has 1 rings (SSSR count). The monoisotopic (exact) mass is 339 g/mol. The van der Waals surface area contributed by atoms with E-state index in [1.807, 2.05) is 0 Å². The van der Waals surface area contributed by atoms with Gasteiger partial charge < -0.3 is 15.9 Å². The summed E-state index contributed by atoms with van der Waals surface area (Å²) in [6.07, 6.45) is -7.04. The second-order valence-corrected chi connectivity index (χ2v) is 4.57. The molecule has 0 heterocycles. The second kappa shape index (κ2) is 6.85. The van der Waals surface area contributed by atoms with Crippen molar-refractivity contribution in [2.24, 2.45) is 5.73 Å². The Balaban J connectivity index is 0.00000324. The summed E-state index contributed by atoms with van der Waals surface area (Å²) >= 11 is 11.2. The Labute approximate surface area is 123 Å². The van der Waals surface area contributed by atoms with Crippen molar-refractivity contribution in [3.8, 4) is 5.75 Å². The number of rotatable bonds is 3. The number of phenols is 1. The molecule has 0 aliphatic rings. The molecule has 0 bridgehead atoms. The molecular formula is C10H11Cl3F3NO2. The number of aliphatic hydroxyl groups is 1. The summed E-state index contributed by atoms with van der Waals surface area (Å²) in [6.45, 7) is 0. The van der Waals surface area contributed by atoms with E-state index in [0.717, 1.165) is 6.07 Å². The fourth-order valence-corrected chi connectivity index (χ4v) is 1.85. The highest BCUT2D eigenvalue weighted by molar-refractivity contribution is 6.35. The summed E-state index contributed by atoms with van der Waals surface area (Å²) in [6, 6.07) is 0.138. The van der Waals surface area contributed by atoms with Crippen LogP contribution in [0.4, 0.5) is 13.2 Å². The molecule has 0 amide bonds. The quantitative estimate of drug-likeness (QED) is 0.790. The molecule has 4 N–H and O–H groups in total. The Bertz CT molecular complexity index is 443. The smallest absolute Gasteiger partial charge is 0.403 e. The molecule has 0 aliphatic heterocycles. The van der Waals surface area contributed by atoms with Crippen LogP contribution in [0.5, 0.6) is 5.75 Å². The zero-order chi connectivity index (χ0) is 14.1. The lowest BCUT2D eigenvalue weighted by molar-refractivity contribution is -0.153. The van der Waals surface area contributed by atoms with Gasteiger partial charge in [0, 0.05) is 17.0 Å². The summed E-state index contributed by atoms with van der Waals surface area (Å²) in [5.41, 5.74) is 4.69. The van der Waals surface area contributed by atoms with E-state index in [4.69, 9.17) is 28.9 Å². The fourth-order valence-electron chi connectivity index (χ4n) is 1.34. The maximum absolute atomic E-state index is 12.2. The molecule has 1 aromatic rings. The van der Waals surface area contributed by atoms with E-state index in [-0.39, 0.29) is 28.0 Å². The molecular weight excluding hydrogens is 329 g/mol. The molecule has 0 fully saturated rings. The van der Waals surface area contributed by atoms with Crippen LogP contribution < -0.4 is 5.73 Å². The fraction of sp³-hybridized carbons (Fsp3) is 0.400. The Hall–Kier alpha value is -0.400. The number of hydrogen-bond donors (Lipinski definition) is 3. The third-order valence-corrected chi connectivity index (χ3v) is 2.82. The molecule has 0 saturated heterocycles. The van der Waals surface area contributed by atoms with Gasteiger partial charge in [0.1, 0.15) is 11.8 Å². The minimum absolute atomic E-state index is 0. The Morgan fingerprint density at radius 2 is 1.79 bits per heavy atom. The summed E-state index contributed by atoms with van der Waals surface area (Å²) < 4.78 is 36.7. The minimum atomic E-state index is -4.63. The highest BCUT2D eigenvalue weighted by atomic mass is 35.5. The van der Waals surface area contributed by atoms with Crippen molar-refractivity contribution in [1.82, 2.24) is 0 Å². The van der Waals surface area contributed by atoms with Gasteiger partial charge in [-0.25, -0.2) is 0 Å². The first-order chi connectivity index (χ1) is 8.12. The van der Waals surface area contributed by atoms with Gasteiger partial charge in [-0.05, 0) is 12.1 Å². The van der Waals surface area contributed by atoms with Gasteiger partial charge in [0.2, 0.25) is 0 Å². The molecule has 0 radical (unpaired) electrons. The van der Waals surface area contributed by atoms with E-state index in [1.54, 1.807) is 0 Å². The molecule has 0 saturated carbocycles. The molecule has 0 aromatic heterocycles. The van der Waals surface area contributed by atoms with E-state index in [2.05, 4.69) is 0 Å². The molecule has 19 heavy (non-hydrogen) atoms. The van der Waals surface area contributed by atoms with Crippen LogP contribution >= 0.6 is 35.6 Å². The highest BCUT2D eigenvalue weighted by Crippen LogP contribution is 2.37. The molecule has 0 unspecified atom stereocenters. The molecule has 9 heteroatoms. The number of nitrogens with two attached hydrogens (primary N) is 1. The van der Waals surface area contributed by atoms with Gasteiger partial charge in [0.25, 0.3) is 0 Å². The van der Waals surface area contributed by atoms with Gasteiger partial charge in [0.15, 0.2) is 0 Å². The predicted molar refractivity (Wildman–Crippen MR) is 69.0 cm³/mol. The van der Waals surface area contributed by atoms with E-state index < -0.39 is 30.5 Å². The summed E-state index contributed by atoms with van der Waals surface area (Å²) in [7, 11) is 0. The summed E-state index contributed by atoms with van der Waals surface area (Å²) in [5, 5.41) is 19.1. The third-order valence-electron chi connectivity index (χ3n) is 2.31. The van der Waals surface area contributed by atoms with Crippen molar-refractivity contribution >= 4 is 35.6 Å². The molecule has 0 aliphatic carbocycles. The van der Waals surface area contributed by atoms with Crippen LogP contribution in [-0.2, 0) is 0 Å². The van der Waals surface area contributed by atoms with Gasteiger partial charge in [-0.15, -0.1) is 12.4 Å². The van der Waals surface area contributed by atoms with Crippen LogP contribution in [0.3, 0.4) is 0 Å². The first kappa shape index (κ1) is 18.6. The SMILES string of the molecule is Cl.N[C@H](C[C@H](O)c1cc(Cl)cc(Cl)c1O)C(F)(F)F. The minimum Gasteiger partial charge on any atom is -0.506 e. The second-order valence-electron chi connectivity index (χ2n) is 3.73. The number of halogens is 6. The van der Waals surface area contributed by atoms with Crippen LogP contribution in [0.15, 0.2) is 12.1 Å².